The Hall–Kier alpha value is -1.72. The van der Waals surface area contributed by atoms with Gasteiger partial charge in [0.15, 0.2) is 0 Å². The number of nitrogens with two attached hydrogens (primary N) is 2. The lowest BCUT2D eigenvalue weighted by atomic mass is 10.3. The molecule has 0 aromatic carbocycles. The highest BCUT2D eigenvalue weighted by Gasteiger charge is 2.27. The molecule has 1 heterocycles. The van der Waals surface area contributed by atoms with E-state index in [1.165, 1.54) is 9.13 Å². The number of nitrogen functional groups attached to an aromatic ring is 2. The average Bonchev–Trinajstić information content (AvgIpc) is 3.22. The second-order valence-corrected chi connectivity index (χ2v) is 5.49. The lowest BCUT2D eigenvalue weighted by Gasteiger charge is -2.14. The largest absolute Gasteiger partial charge is 0.391 e. The standard InChI is InChI=1S/C12H18N4O2/c13-9-10(14)15(5-7-1-2-7)12(18)16(11(9)17)6-8-3-4-8/h7-8H,1-6,13-14H2. The van der Waals surface area contributed by atoms with E-state index in [0.717, 1.165) is 25.7 Å². The van der Waals surface area contributed by atoms with Crippen LogP contribution >= 0.6 is 0 Å². The van der Waals surface area contributed by atoms with E-state index in [-0.39, 0.29) is 17.2 Å². The molecule has 0 radical (unpaired) electrons. The van der Waals surface area contributed by atoms with Crippen LogP contribution in [0.5, 0.6) is 0 Å². The molecule has 0 unspecified atom stereocenters. The molecule has 0 atom stereocenters. The van der Waals surface area contributed by atoms with Gasteiger partial charge in [0.2, 0.25) is 0 Å². The van der Waals surface area contributed by atoms with Crippen LogP contribution in [0.4, 0.5) is 11.5 Å². The van der Waals surface area contributed by atoms with E-state index in [4.69, 9.17) is 11.5 Å². The lowest BCUT2D eigenvalue weighted by Crippen LogP contribution is -2.43. The van der Waals surface area contributed by atoms with Gasteiger partial charge >= 0.3 is 5.69 Å². The molecule has 6 heteroatoms. The van der Waals surface area contributed by atoms with Crippen molar-refractivity contribution >= 4 is 11.5 Å². The molecule has 2 aliphatic carbocycles. The van der Waals surface area contributed by atoms with Gasteiger partial charge in [-0.15, -0.1) is 0 Å². The summed E-state index contributed by atoms with van der Waals surface area (Å²) >= 11 is 0. The summed E-state index contributed by atoms with van der Waals surface area (Å²) in [4.78, 5) is 24.3. The first kappa shape index (κ1) is 11.4. The van der Waals surface area contributed by atoms with Crippen LogP contribution in [0.1, 0.15) is 25.7 Å². The monoisotopic (exact) mass is 250 g/mol. The van der Waals surface area contributed by atoms with E-state index in [1.807, 2.05) is 0 Å². The van der Waals surface area contributed by atoms with Crippen molar-refractivity contribution in [1.29, 1.82) is 0 Å². The number of anilines is 2. The first-order chi connectivity index (χ1) is 8.58. The average molecular weight is 250 g/mol. The van der Waals surface area contributed by atoms with Crippen molar-refractivity contribution in [3.8, 4) is 0 Å². The molecule has 2 fully saturated rings. The summed E-state index contributed by atoms with van der Waals surface area (Å²) in [7, 11) is 0. The lowest BCUT2D eigenvalue weighted by molar-refractivity contribution is 0.514. The van der Waals surface area contributed by atoms with Crippen molar-refractivity contribution in [1.82, 2.24) is 9.13 Å². The topological polar surface area (TPSA) is 96.0 Å². The van der Waals surface area contributed by atoms with Crippen molar-refractivity contribution in [2.45, 2.75) is 38.8 Å². The Labute approximate surface area is 104 Å². The smallest absolute Gasteiger partial charge is 0.332 e. The van der Waals surface area contributed by atoms with Gasteiger partial charge in [-0.25, -0.2) is 4.79 Å². The maximum atomic E-state index is 12.3. The molecule has 0 aliphatic heterocycles. The fourth-order valence-electron chi connectivity index (χ4n) is 2.19. The third-order valence-electron chi connectivity index (χ3n) is 3.78. The molecule has 0 saturated heterocycles. The third-order valence-corrected chi connectivity index (χ3v) is 3.78. The van der Waals surface area contributed by atoms with E-state index in [2.05, 4.69) is 0 Å². The molecule has 0 bridgehead atoms. The van der Waals surface area contributed by atoms with Gasteiger partial charge in [0.05, 0.1) is 0 Å². The molecule has 2 saturated carbocycles. The van der Waals surface area contributed by atoms with Crippen molar-refractivity contribution in [3.05, 3.63) is 20.8 Å². The number of nitrogens with zero attached hydrogens (tertiary/aromatic N) is 2. The Bertz CT molecular complexity index is 593. The highest BCUT2D eigenvalue weighted by atomic mass is 16.2. The first-order valence-corrected chi connectivity index (χ1v) is 6.46. The maximum absolute atomic E-state index is 12.3. The van der Waals surface area contributed by atoms with E-state index in [0.29, 0.717) is 24.9 Å². The fraction of sp³-hybridized carbons (Fsp3) is 0.667. The molecule has 0 amide bonds. The molecule has 1 aromatic heterocycles. The second kappa shape index (κ2) is 3.90. The van der Waals surface area contributed by atoms with Gasteiger partial charge in [0.25, 0.3) is 5.56 Å². The van der Waals surface area contributed by atoms with E-state index in [1.54, 1.807) is 0 Å². The Kier molecular flexibility index (Phi) is 2.46. The molecule has 18 heavy (non-hydrogen) atoms. The summed E-state index contributed by atoms with van der Waals surface area (Å²) in [6.45, 7) is 1.06. The van der Waals surface area contributed by atoms with Crippen molar-refractivity contribution < 1.29 is 0 Å². The fourth-order valence-corrected chi connectivity index (χ4v) is 2.19. The summed E-state index contributed by atoms with van der Waals surface area (Å²) in [5.41, 5.74) is 10.8. The van der Waals surface area contributed by atoms with Crippen molar-refractivity contribution in [3.63, 3.8) is 0 Å². The van der Waals surface area contributed by atoms with Gasteiger partial charge in [0, 0.05) is 13.1 Å². The quantitative estimate of drug-likeness (QED) is 0.785. The molecule has 1 aromatic rings. The number of hydrogen-bond acceptors (Lipinski definition) is 4. The predicted molar refractivity (Wildman–Crippen MR) is 69.2 cm³/mol. The minimum atomic E-state index is -0.434. The molecule has 6 nitrogen and oxygen atoms in total. The number of rotatable bonds is 4. The highest BCUT2D eigenvalue weighted by molar-refractivity contribution is 5.56. The maximum Gasteiger partial charge on any atom is 0.332 e. The summed E-state index contributed by atoms with van der Waals surface area (Å²) in [6.07, 6.45) is 4.40. The van der Waals surface area contributed by atoms with Gasteiger partial charge in [-0.05, 0) is 37.5 Å². The van der Waals surface area contributed by atoms with Crippen LogP contribution in [0.3, 0.4) is 0 Å². The Balaban J connectivity index is 2.08. The van der Waals surface area contributed by atoms with Crippen LogP contribution in [0.2, 0.25) is 0 Å². The first-order valence-electron chi connectivity index (χ1n) is 6.46. The van der Waals surface area contributed by atoms with Gasteiger partial charge in [0.1, 0.15) is 11.5 Å². The molecule has 4 N–H and O–H groups in total. The number of aromatic nitrogens is 2. The SMILES string of the molecule is Nc1c(N)n(CC2CC2)c(=O)n(CC2CC2)c1=O. The zero-order valence-electron chi connectivity index (χ0n) is 10.3. The predicted octanol–water partition coefficient (Wildman–Crippen LogP) is -0.00560. The van der Waals surface area contributed by atoms with Gasteiger partial charge < -0.3 is 11.5 Å². The van der Waals surface area contributed by atoms with Gasteiger partial charge in [-0.1, -0.05) is 0 Å². The van der Waals surface area contributed by atoms with Crippen molar-refractivity contribution in [2.24, 2.45) is 11.8 Å². The highest BCUT2D eigenvalue weighted by Crippen LogP contribution is 2.31. The summed E-state index contributed by atoms with van der Waals surface area (Å²) in [5, 5.41) is 0. The Morgan fingerprint density at radius 2 is 1.44 bits per heavy atom. The van der Waals surface area contributed by atoms with Crippen LogP contribution in [0, 0.1) is 11.8 Å². The Morgan fingerprint density at radius 1 is 0.944 bits per heavy atom. The van der Waals surface area contributed by atoms with Gasteiger partial charge in [-0.3, -0.25) is 13.9 Å². The van der Waals surface area contributed by atoms with Crippen LogP contribution < -0.4 is 22.7 Å². The van der Waals surface area contributed by atoms with E-state index < -0.39 is 5.56 Å². The zero-order chi connectivity index (χ0) is 12.9. The molecule has 3 rings (SSSR count). The summed E-state index contributed by atoms with van der Waals surface area (Å²) in [6, 6.07) is 0. The minimum Gasteiger partial charge on any atom is -0.391 e. The van der Waals surface area contributed by atoms with E-state index in [9.17, 15) is 9.59 Å². The molecule has 98 valence electrons. The molecular weight excluding hydrogens is 232 g/mol. The second-order valence-electron chi connectivity index (χ2n) is 5.49. The summed E-state index contributed by atoms with van der Waals surface area (Å²) in [5.74, 6) is 1.09. The van der Waals surface area contributed by atoms with Crippen LogP contribution in [0.15, 0.2) is 9.59 Å². The molecule has 0 spiro atoms. The van der Waals surface area contributed by atoms with Crippen LogP contribution in [-0.2, 0) is 13.1 Å². The zero-order valence-corrected chi connectivity index (χ0v) is 10.3. The van der Waals surface area contributed by atoms with Gasteiger partial charge in [-0.2, -0.15) is 0 Å². The normalized spacial score (nSPS) is 19.1. The molecular formula is C12H18N4O2. The van der Waals surface area contributed by atoms with E-state index >= 15 is 0 Å². The van der Waals surface area contributed by atoms with Crippen molar-refractivity contribution in [2.75, 3.05) is 11.5 Å². The molecule has 2 aliphatic rings. The Morgan fingerprint density at radius 3 is 1.94 bits per heavy atom. The third kappa shape index (κ3) is 1.91. The summed E-state index contributed by atoms with van der Waals surface area (Å²) < 4.78 is 2.72. The minimum absolute atomic E-state index is 0.0101. The van der Waals surface area contributed by atoms with Crippen LogP contribution in [0.25, 0.3) is 0 Å². The number of hydrogen-bond donors (Lipinski definition) is 2. The van der Waals surface area contributed by atoms with Crippen LogP contribution in [-0.4, -0.2) is 9.13 Å².